The van der Waals surface area contributed by atoms with E-state index in [0.29, 0.717) is 31.8 Å². The van der Waals surface area contributed by atoms with Gasteiger partial charge in [-0.1, -0.05) is 12.1 Å². The lowest BCUT2D eigenvalue weighted by atomic mass is 10.1. The highest BCUT2D eigenvalue weighted by atomic mass is 19.4. The summed E-state index contributed by atoms with van der Waals surface area (Å²) in [5.74, 6) is -0.679. The van der Waals surface area contributed by atoms with Crippen molar-refractivity contribution in [2.75, 3.05) is 19.7 Å². The Bertz CT molecular complexity index is 934. The molecule has 160 valence electrons. The topological polar surface area (TPSA) is 76.5 Å². The Balaban J connectivity index is 1.40. The second kappa shape index (κ2) is 8.10. The molecule has 2 aliphatic heterocycles. The van der Waals surface area contributed by atoms with Crippen LogP contribution in [0.25, 0.3) is 0 Å². The Labute approximate surface area is 170 Å². The van der Waals surface area contributed by atoms with Crippen LogP contribution in [0.2, 0.25) is 0 Å². The average Bonchev–Trinajstić information content (AvgIpc) is 3.38. The lowest BCUT2D eigenvalue weighted by Gasteiger charge is -2.27. The predicted octanol–water partition coefficient (Wildman–Crippen LogP) is 2.47. The van der Waals surface area contributed by atoms with Crippen LogP contribution in [-0.2, 0) is 24.0 Å². The molecule has 1 fully saturated rings. The third kappa shape index (κ3) is 4.33. The Morgan fingerprint density at radius 1 is 1.23 bits per heavy atom. The molecule has 0 radical (unpaired) electrons. The lowest BCUT2D eigenvalue weighted by molar-refractivity contribution is -0.137. The van der Waals surface area contributed by atoms with Gasteiger partial charge in [0.1, 0.15) is 5.69 Å². The highest BCUT2D eigenvalue weighted by Crippen LogP contribution is 2.29. The summed E-state index contributed by atoms with van der Waals surface area (Å²) < 4.78 is 45.1. The number of aromatic nitrogens is 2. The molecule has 0 aliphatic carbocycles. The van der Waals surface area contributed by atoms with Gasteiger partial charge in [0.2, 0.25) is 0 Å². The molecular weight excluding hydrogens is 401 g/mol. The zero-order chi connectivity index (χ0) is 21.3. The number of carbonyl (C=O) groups excluding carboxylic acids is 2. The minimum absolute atomic E-state index is 0.00653. The third-order valence-electron chi connectivity index (χ3n) is 5.27. The van der Waals surface area contributed by atoms with Crippen LogP contribution in [0.4, 0.5) is 13.2 Å². The fraction of sp³-hybridized carbons (Fsp3) is 0.450. The fourth-order valence-corrected chi connectivity index (χ4v) is 3.62. The summed E-state index contributed by atoms with van der Waals surface area (Å²) in [6.45, 7) is 2.03. The summed E-state index contributed by atoms with van der Waals surface area (Å²) >= 11 is 0. The lowest BCUT2D eigenvalue weighted by Crippen LogP contribution is -2.39. The number of nitrogens with one attached hydrogen (secondary N) is 1. The smallest absolute Gasteiger partial charge is 0.376 e. The molecule has 2 aliphatic rings. The number of amides is 2. The molecule has 2 aromatic rings. The fourth-order valence-electron chi connectivity index (χ4n) is 3.62. The quantitative estimate of drug-likeness (QED) is 0.803. The number of hydrogen-bond acceptors (Lipinski definition) is 4. The molecule has 30 heavy (non-hydrogen) atoms. The first-order chi connectivity index (χ1) is 14.3. The summed E-state index contributed by atoms with van der Waals surface area (Å²) in [5, 5.41) is 6.99. The zero-order valence-corrected chi connectivity index (χ0v) is 16.1. The molecule has 1 N–H and O–H groups in total. The van der Waals surface area contributed by atoms with Crippen molar-refractivity contribution in [1.29, 1.82) is 0 Å². The average molecular weight is 422 g/mol. The second-order valence-corrected chi connectivity index (χ2v) is 7.40. The number of halogens is 3. The molecule has 3 heterocycles. The normalized spacial score (nSPS) is 19.1. The van der Waals surface area contributed by atoms with Crippen LogP contribution in [0.15, 0.2) is 30.3 Å². The maximum Gasteiger partial charge on any atom is 0.416 e. The molecular formula is C20H21F3N4O3. The van der Waals surface area contributed by atoms with Crippen LogP contribution < -0.4 is 5.32 Å². The maximum atomic E-state index is 12.8. The highest BCUT2D eigenvalue weighted by molar-refractivity contribution is 5.98. The van der Waals surface area contributed by atoms with Crippen molar-refractivity contribution in [2.24, 2.45) is 0 Å². The Morgan fingerprint density at radius 2 is 2.00 bits per heavy atom. The van der Waals surface area contributed by atoms with Crippen LogP contribution in [0.3, 0.4) is 0 Å². The van der Waals surface area contributed by atoms with E-state index in [0.717, 1.165) is 25.0 Å². The van der Waals surface area contributed by atoms with Crippen molar-refractivity contribution >= 4 is 11.8 Å². The Morgan fingerprint density at radius 3 is 2.67 bits per heavy atom. The molecule has 0 spiro atoms. The van der Waals surface area contributed by atoms with Crippen LogP contribution in [0, 0.1) is 0 Å². The first-order valence-corrected chi connectivity index (χ1v) is 9.74. The van der Waals surface area contributed by atoms with E-state index in [1.165, 1.54) is 27.8 Å². The van der Waals surface area contributed by atoms with Crippen LogP contribution in [-0.4, -0.2) is 52.3 Å². The summed E-state index contributed by atoms with van der Waals surface area (Å²) in [5.41, 5.74) is 0.315. The van der Waals surface area contributed by atoms with E-state index in [4.69, 9.17) is 4.74 Å². The van der Waals surface area contributed by atoms with E-state index in [2.05, 4.69) is 10.4 Å². The van der Waals surface area contributed by atoms with Crippen LogP contribution in [0.1, 0.15) is 44.9 Å². The van der Waals surface area contributed by atoms with Crippen molar-refractivity contribution in [1.82, 2.24) is 20.0 Å². The number of ether oxygens (including phenoxy) is 1. The summed E-state index contributed by atoms with van der Waals surface area (Å²) in [4.78, 5) is 26.7. The largest absolute Gasteiger partial charge is 0.416 e. The minimum Gasteiger partial charge on any atom is -0.376 e. The molecule has 1 unspecified atom stereocenters. The van der Waals surface area contributed by atoms with Gasteiger partial charge in [-0.2, -0.15) is 18.3 Å². The van der Waals surface area contributed by atoms with Crippen LogP contribution >= 0.6 is 0 Å². The standard InChI is InChI=1S/C20H21F3N4O3/c21-20(22,23)14-5-3-13(4-6-14)12-26-7-8-27-17(19(26)29)10-16(25-27)18(28)24-11-15-2-1-9-30-15/h3-6,10,15H,1-2,7-9,11-12H2,(H,24,28). The summed E-state index contributed by atoms with van der Waals surface area (Å²) in [6, 6.07) is 6.19. The van der Waals surface area contributed by atoms with Crippen molar-refractivity contribution in [3.8, 4) is 0 Å². The van der Waals surface area contributed by atoms with Gasteiger partial charge in [-0.3, -0.25) is 14.3 Å². The monoisotopic (exact) mass is 422 g/mol. The van der Waals surface area contributed by atoms with Crippen molar-refractivity contribution in [2.45, 2.75) is 38.2 Å². The number of benzene rings is 1. The van der Waals surface area contributed by atoms with Gasteiger partial charge in [-0.25, -0.2) is 0 Å². The number of nitrogens with zero attached hydrogens (tertiary/aromatic N) is 3. The van der Waals surface area contributed by atoms with E-state index in [1.807, 2.05) is 0 Å². The Kier molecular flexibility index (Phi) is 5.50. The first kappa shape index (κ1) is 20.4. The maximum absolute atomic E-state index is 12.8. The number of carbonyl (C=O) groups is 2. The van der Waals surface area contributed by atoms with Gasteiger partial charge in [-0.05, 0) is 30.5 Å². The molecule has 1 aromatic heterocycles. The molecule has 2 amide bonds. The zero-order valence-electron chi connectivity index (χ0n) is 16.1. The van der Waals surface area contributed by atoms with Gasteiger partial charge < -0.3 is 15.0 Å². The Hall–Kier alpha value is -2.88. The van der Waals surface area contributed by atoms with Gasteiger partial charge in [0.15, 0.2) is 5.69 Å². The van der Waals surface area contributed by atoms with E-state index < -0.39 is 11.7 Å². The van der Waals surface area contributed by atoms with E-state index in [9.17, 15) is 22.8 Å². The number of rotatable bonds is 5. The van der Waals surface area contributed by atoms with E-state index in [1.54, 1.807) is 0 Å². The molecule has 4 rings (SSSR count). The predicted molar refractivity (Wildman–Crippen MR) is 99.7 cm³/mol. The van der Waals surface area contributed by atoms with Crippen molar-refractivity contribution < 1.29 is 27.5 Å². The number of alkyl halides is 3. The second-order valence-electron chi connectivity index (χ2n) is 7.40. The van der Waals surface area contributed by atoms with Gasteiger partial charge in [0, 0.05) is 32.3 Å². The SMILES string of the molecule is O=C(NCC1CCCO1)c1cc2n(n1)CCN(Cc1ccc(C(F)(F)F)cc1)C2=O. The van der Waals surface area contributed by atoms with E-state index in [-0.39, 0.29) is 35.9 Å². The van der Waals surface area contributed by atoms with Gasteiger partial charge in [-0.15, -0.1) is 0 Å². The van der Waals surface area contributed by atoms with Crippen LogP contribution in [0.5, 0.6) is 0 Å². The molecule has 0 bridgehead atoms. The molecule has 10 heteroatoms. The molecule has 0 saturated carbocycles. The summed E-state index contributed by atoms with van der Waals surface area (Å²) in [7, 11) is 0. The molecule has 1 atom stereocenters. The number of hydrogen-bond donors (Lipinski definition) is 1. The third-order valence-corrected chi connectivity index (χ3v) is 5.27. The first-order valence-electron chi connectivity index (χ1n) is 9.74. The minimum atomic E-state index is -4.40. The van der Waals surface area contributed by atoms with Gasteiger partial charge >= 0.3 is 6.18 Å². The summed E-state index contributed by atoms with van der Waals surface area (Å²) in [6.07, 6.45) is -2.51. The molecule has 1 aromatic carbocycles. The van der Waals surface area contributed by atoms with Gasteiger partial charge in [0.25, 0.3) is 11.8 Å². The van der Waals surface area contributed by atoms with Gasteiger partial charge in [0.05, 0.1) is 18.2 Å². The van der Waals surface area contributed by atoms with Crippen molar-refractivity contribution in [3.63, 3.8) is 0 Å². The highest BCUT2D eigenvalue weighted by Gasteiger charge is 2.31. The molecule has 7 nitrogen and oxygen atoms in total. The molecule has 1 saturated heterocycles. The van der Waals surface area contributed by atoms with Crippen molar-refractivity contribution in [3.05, 3.63) is 52.8 Å². The number of fused-ring (bicyclic) bond motifs is 1. The van der Waals surface area contributed by atoms with E-state index >= 15 is 0 Å².